The summed E-state index contributed by atoms with van der Waals surface area (Å²) in [5.41, 5.74) is 2.88. The van der Waals surface area contributed by atoms with E-state index in [0.717, 1.165) is 48.1 Å². The summed E-state index contributed by atoms with van der Waals surface area (Å²) in [4.78, 5) is 17.2. The smallest absolute Gasteiger partial charge is 0.240 e. The fourth-order valence-electron chi connectivity index (χ4n) is 6.77. The maximum Gasteiger partial charge on any atom is 0.240 e. The summed E-state index contributed by atoms with van der Waals surface area (Å²) < 4.78 is 42.3. The van der Waals surface area contributed by atoms with Gasteiger partial charge in [-0.3, -0.25) is 9.78 Å². The van der Waals surface area contributed by atoms with Crippen molar-refractivity contribution in [2.75, 3.05) is 19.7 Å². The lowest BCUT2D eigenvalue weighted by Gasteiger charge is -2.29. The number of carbonyl (C=O) groups excluding carboxylic acids is 1. The van der Waals surface area contributed by atoms with E-state index in [1.807, 2.05) is 36.5 Å². The minimum Gasteiger partial charge on any atom is -0.490 e. The standard InChI is InChI=1S/C38H48ClN3O10S/c39-31-12-11-27(53(49,50)42-18-23-5-7-24(8-6-23)37(48)41-20-32(44)35(46)36(47)33(45)21-43)17-25(31)22-51-38(14-15-38)30-19-40-16-13-28(30)29-3-1-2-4-34(29)52-26-9-10-26/h1-4,11-13,16-17,19,23-24,26,32-33,35-36,42-47H,5-10,14-15,18,20-22H2,(H,41,48)/t23?,24?,32-,33+,35+,36+/m0/s1. The molecule has 3 aliphatic carbocycles. The van der Waals surface area contributed by atoms with Crippen molar-refractivity contribution in [3.63, 3.8) is 0 Å². The number of benzene rings is 2. The zero-order chi connectivity index (χ0) is 37.8. The van der Waals surface area contributed by atoms with Crippen molar-refractivity contribution >= 4 is 27.5 Å². The van der Waals surface area contributed by atoms with Gasteiger partial charge in [-0.1, -0.05) is 29.8 Å². The quantitative estimate of drug-likeness (QED) is 0.100. The van der Waals surface area contributed by atoms with Gasteiger partial charge in [0.1, 0.15) is 24.1 Å². The molecule has 0 aliphatic heterocycles. The van der Waals surface area contributed by atoms with E-state index in [1.165, 1.54) is 6.07 Å². The molecule has 3 aromatic rings. The van der Waals surface area contributed by atoms with Crippen molar-refractivity contribution in [3.05, 3.63) is 77.1 Å². The van der Waals surface area contributed by atoms with Crippen LogP contribution in [0.1, 0.15) is 62.5 Å². The fraction of sp³-hybridized carbons (Fsp3) is 0.526. The second-order valence-corrected chi connectivity index (χ2v) is 16.6. The number of carbonyl (C=O) groups is 1. The Balaban J connectivity index is 1.01. The molecule has 0 bridgehead atoms. The Morgan fingerprint density at radius 3 is 2.36 bits per heavy atom. The zero-order valence-electron chi connectivity index (χ0n) is 29.3. The summed E-state index contributed by atoms with van der Waals surface area (Å²) >= 11 is 6.56. The normalized spacial score (nSPS) is 22.0. The molecule has 3 aliphatic rings. The Kier molecular flexibility index (Phi) is 12.7. The molecule has 0 radical (unpaired) electrons. The highest BCUT2D eigenvalue weighted by atomic mass is 35.5. The van der Waals surface area contributed by atoms with Crippen LogP contribution in [-0.2, 0) is 31.8 Å². The van der Waals surface area contributed by atoms with Crippen LogP contribution in [0.3, 0.4) is 0 Å². The van der Waals surface area contributed by atoms with Crippen molar-refractivity contribution in [2.24, 2.45) is 11.8 Å². The van der Waals surface area contributed by atoms with Crippen molar-refractivity contribution in [2.45, 2.75) is 99.0 Å². The second kappa shape index (κ2) is 17.1. The maximum atomic E-state index is 13.4. The molecule has 0 unspecified atom stereocenters. The van der Waals surface area contributed by atoms with E-state index in [2.05, 4.69) is 15.0 Å². The Labute approximate surface area is 314 Å². The van der Waals surface area contributed by atoms with E-state index >= 15 is 0 Å². The number of nitrogens with one attached hydrogen (secondary N) is 2. The lowest BCUT2D eigenvalue weighted by atomic mass is 9.81. The number of sulfonamides is 1. The predicted molar refractivity (Wildman–Crippen MR) is 195 cm³/mol. The summed E-state index contributed by atoms with van der Waals surface area (Å²) in [7, 11) is -3.89. The highest BCUT2D eigenvalue weighted by Crippen LogP contribution is 2.53. The number of hydrogen-bond acceptors (Lipinski definition) is 11. The average Bonchev–Trinajstić information content (AvgIpc) is 4.13. The highest BCUT2D eigenvalue weighted by molar-refractivity contribution is 7.89. The van der Waals surface area contributed by atoms with Gasteiger partial charge in [0.15, 0.2) is 0 Å². The number of aromatic nitrogens is 1. The van der Waals surface area contributed by atoms with Crippen molar-refractivity contribution in [3.8, 4) is 16.9 Å². The molecule has 4 atom stereocenters. The number of pyridine rings is 1. The second-order valence-electron chi connectivity index (χ2n) is 14.4. The minimum atomic E-state index is -3.89. The van der Waals surface area contributed by atoms with Crippen LogP contribution in [0.5, 0.6) is 5.75 Å². The van der Waals surface area contributed by atoms with Crippen molar-refractivity contribution in [1.82, 2.24) is 15.0 Å². The summed E-state index contributed by atoms with van der Waals surface area (Å²) in [5.74, 6) is 0.148. The van der Waals surface area contributed by atoms with E-state index in [4.69, 9.17) is 26.2 Å². The van der Waals surface area contributed by atoms with Crippen LogP contribution in [0.25, 0.3) is 11.1 Å². The van der Waals surface area contributed by atoms with Crippen molar-refractivity contribution < 1.29 is 48.2 Å². The van der Waals surface area contributed by atoms with Gasteiger partial charge in [0.25, 0.3) is 0 Å². The van der Waals surface area contributed by atoms with Gasteiger partial charge in [-0.2, -0.15) is 0 Å². The number of para-hydroxylation sites is 1. The van der Waals surface area contributed by atoms with Gasteiger partial charge in [-0.05, 0) is 98.7 Å². The number of halogens is 1. The molecule has 3 saturated carbocycles. The first-order chi connectivity index (χ1) is 25.4. The summed E-state index contributed by atoms with van der Waals surface area (Å²) in [6, 6.07) is 14.5. The molecule has 0 saturated heterocycles. The van der Waals surface area contributed by atoms with Gasteiger partial charge in [0.05, 0.1) is 35.9 Å². The Hall–Kier alpha value is -3.18. The number of aliphatic hydroxyl groups excluding tert-OH is 5. The molecule has 53 heavy (non-hydrogen) atoms. The Bertz CT molecular complexity index is 1830. The largest absolute Gasteiger partial charge is 0.490 e. The predicted octanol–water partition coefficient (Wildman–Crippen LogP) is 2.79. The van der Waals surface area contributed by atoms with E-state index in [0.29, 0.717) is 36.3 Å². The molecule has 15 heteroatoms. The number of hydrogen-bond donors (Lipinski definition) is 7. The summed E-state index contributed by atoms with van der Waals surface area (Å²) in [5, 5.41) is 51.2. The molecule has 3 fully saturated rings. The van der Waals surface area contributed by atoms with Gasteiger partial charge < -0.3 is 40.3 Å². The number of amides is 1. The van der Waals surface area contributed by atoms with Gasteiger partial charge in [0, 0.05) is 47.6 Å². The van der Waals surface area contributed by atoms with Crippen LogP contribution in [-0.4, -0.2) is 95.1 Å². The molecule has 13 nitrogen and oxygen atoms in total. The lowest BCUT2D eigenvalue weighted by molar-refractivity contribution is -0.130. The molecular weight excluding hydrogens is 726 g/mol. The van der Waals surface area contributed by atoms with E-state index in [1.54, 1.807) is 18.3 Å². The zero-order valence-corrected chi connectivity index (χ0v) is 30.9. The van der Waals surface area contributed by atoms with Gasteiger partial charge >= 0.3 is 0 Å². The summed E-state index contributed by atoms with van der Waals surface area (Å²) in [6.07, 6.45) is 2.99. The molecule has 2 aromatic carbocycles. The van der Waals surface area contributed by atoms with Crippen LogP contribution >= 0.6 is 11.6 Å². The number of nitrogens with zero attached hydrogens (tertiary/aromatic N) is 1. The number of aliphatic hydroxyl groups is 5. The molecule has 6 rings (SSSR count). The molecule has 0 spiro atoms. The molecule has 288 valence electrons. The van der Waals surface area contributed by atoms with Gasteiger partial charge in [0.2, 0.25) is 15.9 Å². The number of ether oxygens (including phenoxy) is 2. The topological polar surface area (TPSA) is 208 Å². The average molecular weight is 774 g/mol. The van der Waals surface area contributed by atoms with Crippen LogP contribution in [0.15, 0.2) is 65.8 Å². The van der Waals surface area contributed by atoms with Crippen LogP contribution in [0.2, 0.25) is 5.02 Å². The van der Waals surface area contributed by atoms with Crippen LogP contribution in [0.4, 0.5) is 0 Å². The first-order valence-electron chi connectivity index (χ1n) is 18.1. The molecule has 1 heterocycles. The highest BCUT2D eigenvalue weighted by Gasteiger charge is 2.48. The minimum absolute atomic E-state index is 0.00895. The molecular formula is C38H48ClN3O10S. The first-order valence-corrected chi connectivity index (χ1v) is 20.0. The van der Waals surface area contributed by atoms with E-state index < -0.39 is 46.6 Å². The SMILES string of the molecule is O=C(NC[C@H](O)[C@@H](O)[C@H](O)[C@H](O)CO)C1CCC(CNS(=O)(=O)c2ccc(Cl)c(COC3(c4cnccc4-c4ccccc4OC4CC4)CC3)c2)CC1. The third-order valence-electron chi connectivity index (χ3n) is 10.4. The molecule has 1 aromatic heterocycles. The third-order valence-corrected chi connectivity index (χ3v) is 12.2. The Morgan fingerprint density at radius 2 is 1.66 bits per heavy atom. The summed E-state index contributed by atoms with van der Waals surface area (Å²) in [6.45, 7) is -0.850. The van der Waals surface area contributed by atoms with E-state index in [9.17, 15) is 33.6 Å². The first kappa shape index (κ1) is 39.5. The van der Waals surface area contributed by atoms with Gasteiger partial charge in [-0.25, -0.2) is 13.1 Å². The molecule has 7 N–H and O–H groups in total. The molecule has 1 amide bonds. The third kappa shape index (κ3) is 9.74. The van der Waals surface area contributed by atoms with Crippen LogP contribution < -0.4 is 14.8 Å². The monoisotopic (exact) mass is 773 g/mol. The number of rotatable bonds is 18. The lowest BCUT2D eigenvalue weighted by Crippen LogP contribution is -2.50. The van der Waals surface area contributed by atoms with Gasteiger partial charge in [-0.15, -0.1) is 0 Å². The maximum absolute atomic E-state index is 13.4. The Morgan fingerprint density at radius 1 is 0.943 bits per heavy atom. The van der Waals surface area contributed by atoms with E-state index in [-0.39, 0.29) is 48.4 Å². The fourth-order valence-corrected chi connectivity index (χ4v) is 8.11. The van der Waals surface area contributed by atoms with Crippen LogP contribution in [0, 0.1) is 11.8 Å². The van der Waals surface area contributed by atoms with Crippen molar-refractivity contribution in [1.29, 1.82) is 0 Å².